The minimum absolute atomic E-state index is 0.610. The smallest absolute Gasteiger partial charge is 0.121 e. The summed E-state index contributed by atoms with van der Waals surface area (Å²) in [6.45, 7) is 1.21. The van der Waals surface area contributed by atoms with Crippen LogP contribution in [0.25, 0.3) is 0 Å². The van der Waals surface area contributed by atoms with Crippen LogP contribution in [-0.4, -0.2) is 39.4 Å². The van der Waals surface area contributed by atoms with Gasteiger partial charge in [0.25, 0.3) is 0 Å². The van der Waals surface area contributed by atoms with Crippen LogP contribution in [0.15, 0.2) is 36.4 Å². The van der Waals surface area contributed by atoms with Crippen LogP contribution in [-0.2, 0) is 13.5 Å². The highest BCUT2D eigenvalue weighted by molar-refractivity contribution is 5.26. The molecule has 118 valence electrons. The fraction of sp³-hybridized carbons (Fsp3) is 0.500. The zero-order chi connectivity index (χ0) is 15.5. The topological polar surface area (TPSA) is 41.3 Å². The van der Waals surface area contributed by atoms with Crippen molar-refractivity contribution >= 4 is 0 Å². The van der Waals surface area contributed by atoms with Crippen LogP contribution in [0, 0.1) is 0 Å². The fourth-order valence-electron chi connectivity index (χ4n) is 3.39. The van der Waals surface area contributed by atoms with Crippen molar-refractivity contribution in [1.82, 2.24) is 14.7 Å². The number of aromatic nitrogens is 2. The number of nitrogens with zero attached hydrogens (tertiary/aromatic N) is 3. The number of hydrogen-bond donors (Lipinski definition) is 1. The molecule has 2 unspecified atom stereocenters. The van der Waals surface area contributed by atoms with Gasteiger partial charge in [0, 0.05) is 13.1 Å². The Balaban J connectivity index is 1.68. The number of likely N-dealkylation sites (tertiary alicyclic amines) is 1. The van der Waals surface area contributed by atoms with E-state index in [1.807, 2.05) is 48.1 Å². The summed E-state index contributed by atoms with van der Waals surface area (Å²) in [5.41, 5.74) is 2.85. The van der Waals surface area contributed by atoms with E-state index in [-0.39, 0.29) is 0 Å². The number of benzene rings is 1. The predicted octanol–water partition coefficient (Wildman–Crippen LogP) is 2.53. The van der Waals surface area contributed by atoms with E-state index in [0.717, 1.165) is 29.8 Å². The Morgan fingerprint density at radius 1 is 1.27 bits per heavy atom. The van der Waals surface area contributed by atoms with Gasteiger partial charge in [-0.3, -0.25) is 4.68 Å². The van der Waals surface area contributed by atoms with Gasteiger partial charge in [0.05, 0.1) is 11.4 Å². The minimum atomic E-state index is -0.610. The van der Waals surface area contributed by atoms with Crippen molar-refractivity contribution in [3.8, 4) is 0 Å². The van der Waals surface area contributed by atoms with Crippen LogP contribution in [0.4, 0.5) is 0 Å². The van der Waals surface area contributed by atoms with Crippen LogP contribution in [0.3, 0.4) is 0 Å². The Morgan fingerprint density at radius 2 is 2.05 bits per heavy atom. The van der Waals surface area contributed by atoms with Crippen LogP contribution in [0.2, 0.25) is 0 Å². The molecule has 0 saturated carbocycles. The first kappa shape index (κ1) is 15.3. The summed E-state index contributed by atoms with van der Waals surface area (Å²) >= 11 is 0. The molecule has 22 heavy (non-hydrogen) atoms. The minimum Gasteiger partial charge on any atom is -0.382 e. The van der Waals surface area contributed by atoms with E-state index in [1.54, 1.807) is 0 Å². The summed E-state index contributed by atoms with van der Waals surface area (Å²) in [5.74, 6) is 0. The maximum absolute atomic E-state index is 10.5. The Kier molecular flexibility index (Phi) is 4.60. The van der Waals surface area contributed by atoms with Gasteiger partial charge < -0.3 is 10.0 Å². The van der Waals surface area contributed by atoms with E-state index in [4.69, 9.17) is 0 Å². The quantitative estimate of drug-likeness (QED) is 0.922. The molecule has 4 nitrogen and oxygen atoms in total. The van der Waals surface area contributed by atoms with Crippen LogP contribution >= 0.6 is 0 Å². The van der Waals surface area contributed by atoms with E-state index in [0.29, 0.717) is 6.04 Å². The first-order chi connectivity index (χ1) is 10.6. The summed E-state index contributed by atoms with van der Waals surface area (Å²) in [7, 11) is 4.12. The maximum Gasteiger partial charge on any atom is 0.121 e. The Labute approximate surface area is 132 Å². The highest BCUT2D eigenvalue weighted by atomic mass is 16.3. The zero-order valence-electron chi connectivity index (χ0n) is 13.4. The number of aliphatic hydroxyl groups excluding tert-OH is 1. The standard InChI is InChI=1S/C18H25N3O/c1-20-12-6-9-16(20)11-10-15-13-17(21(2)19-15)18(22)14-7-4-3-5-8-14/h3-5,7-8,13,16,18,22H,6,9-12H2,1-2H3. The number of aliphatic hydroxyl groups is 1. The third-order valence-corrected chi connectivity index (χ3v) is 4.77. The molecule has 2 aromatic rings. The van der Waals surface area contributed by atoms with Gasteiger partial charge in [-0.15, -0.1) is 0 Å². The molecule has 1 aliphatic rings. The highest BCUT2D eigenvalue weighted by Gasteiger charge is 2.21. The summed E-state index contributed by atoms with van der Waals surface area (Å²) in [6.07, 6.45) is 4.12. The summed E-state index contributed by atoms with van der Waals surface area (Å²) in [5, 5.41) is 15.1. The molecule has 1 fully saturated rings. The molecule has 1 saturated heterocycles. The van der Waals surface area contributed by atoms with E-state index in [9.17, 15) is 5.11 Å². The second kappa shape index (κ2) is 6.63. The summed E-state index contributed by atoms with van der Waals surface area (Å²) < 4.78 is 1.81. The molecule has 1 aromatic carbocycles. The van der Waals surface area contributed by atoms with Crippen LogP contribution in [0.1, 0.15) is 42.3 Å². The van der Waals surface area contributed by atoms with Gasteiger partial charge in [-0.05, 0) is 50.9 Å². The van der Waals surface area contributed by atoms with Gasteiger partial charge in [-0.1, -0.05) is 30.3 Å². The lowest BCUT2D eigenvalue weighted by molar-refractivity contribution is 0.210. The van der Waals surface area contributed by atoms with Crippen molar-refractivity contribution in [2.45, 2.75) is 37.8 Å². The number of aryl methyl sites for hydroxylation is 2. The van der Waals surface area contributed by atoms with Gasteiger partial charge in [-0.25, -0.2) is 0 Å². The van der Waals surface area contributed by atoms with Crippen molar-refractivity contribution in [3.63, 3.8) is 0 Å². The van der Waals surface area contributed by atoms with Crippen molar-refractivity contribution in [1.29, 1.82) is 0 Å². The SMILES string of the molecule is CN1CCCC1CCc1cc(C(O)c2ccccc2)n(C)n1. The van der Waals surface area contributed by atoms with Crippen LogP contribution < -0.4 is 0 Å². The number of hydrogen-bond acceptors (Lipinski definition) is 3. The van der Waals surface area contributed by atoms with Gasteiger partial charge in [-0.2, -0.15) is 5.10 Å². The predicted molar refractivity (Wildman–Crippen MR) is 87.7 cm³/mol. The van der Waals surface area contributed by atoms with Crippen LogP contribution in [0.5, 0.6) is 0 Å². The molecule has 0 radical (unpaired) electrons. The first-order valence-electron chi connectivity index (χ1n) is 8.11. The molecule has 3 rings (SSSR count). The van der Waals surface area contributed by atoms with Crippen molar-refractivity contribution < 1.29 is 5.11 Å². The molecule has 1 N–H and O–H groups in total. The summed E-state index contributed by atoms with van der Waals surface area (Å²) in [6, 6.07) is 12.5. The molecule has 0 aliphatic carbocycles. The van der Waals surface area contributed by atoms with Crippen molar-refractivity contribution in [2.75, 3.05) is 13.6 Å². The lowest BCUT2D eigenvalue weighted by atomic mass is 10.0. The first-order valence-corrected chi connectivity index (χ1v) is 8.11. The molecule has 4 heteroatoms. The molecular formula is C18H25N3O. The lowest BCUT2D eigenvalue weighted by Crippen LogP contribution is -2.25. The monoisotopic (exact) mass is 299 g/mol. The molecule has 0 bridgehead atoms. The van der Waals surface area contributed by atoms with Crippen molar-refractivity contribution in [2.24, 2.45) is 7.05 Å². The van der Waals surface area contributed by atoms with Gasteiger partial charge >= 0.3 is 0 Å². The fourth-order valence-corrected chi connectivity index (χ4v) is 3.39. The van der Waals surface area contributed by atoms with E-state index in [2.05, 4.69) is 17.0 Å². The van der Waals surface area contributed by atoms with Gasteiger partial charge in [0.15, 0.2) is 0 Å². The average molecular weight is 299 g/mol. The zero-order valence-corrected chi connectivity index (χ0v) is 13.4. The number of rotatable bonds is 5. The van der Waals surface area contributed by atoms with E-state index >= 15 is 0 Å². The average Bonchev–Trinajstić information content (AvgIpc) is 3.11. The third-order valence-electron chi connectivity index (χ3n) is 4.77. The normalized spacial score (nSPS) is 20.4. The molecule has 1 aromatic heterocycles. The highest BCUT2D eigenvalue weighted by Crippen LogP contribution is 2.24. The van der Waals surface area contributed by atoms with E-state index < -0.39 is 6.10 Å². The molecule has 2 atom stereocenters. The Morgan fingerprint density at radius 3 is 2.73 bits per heavy atom. The Bertz CT molecular complexity index is 608. The van der Waals surface area contributed by atoms with Gasteiger partial charge in [0.2, 0.25) is 0 Å². The Hall–Kier alpha value is -1.65. The van der Waals surface area contributed by atoms with Gasteiger partial charge in [0.1, 0.15) is 6.10 Å². The van der Waals surface area contributed by atoms with Crippen molar-refractivity contribution in [3.05, 3.63) is 53.3 Å². The summed E-state index contributed by atoms with van der Waals surface area (Å²) in [4.78, 5) is 2.45. The molecular weight excluding hydrogens is 274 g/mol. The largest absolute Gasteiger partial charge is 0.382 e. The second-order valence-electron chi connectivity index (χ2n) is 6.31. The van der Waals surface area contributed by atoms with E-state index in [1.165, 1.54) is 19.4 Å². The molecule has 2 heterocycles. The second-order valence-corrected chi connectivity index (χ2v) is 6.31. The third kappa shape index (κ3) is 3.23. The lowest BCUT2D eigenvalue weighted by Gasteiger charge is -2.18. The molecule has 0 amide bonds. The molecule has 0 spiro atoms. The molecule has 1 aliphatic heterocycles. The maximum atomic E-state index is 10.5.